The summed E-state index contributed by atoms with van der Waals surface area (Å²) in [6, 6.07) is 0.641. The highest BCUT2D eigenvalue weighted by atomic mass is 16.2. The molecular formula is C10H22N2O. The molecule has 0 bridgehead atoms. The van der Waals surface area contributed by atoms with Gasteiger partial charge < -0.3 is 15.3 Å². The van der Waals surface area contributed by atoms with Gasteiger partial charge in [0.25, 0.3) is 0 Å². The van der Waals surface area contributed by atoms with Gasteiger partial charge in [0.1, 0.15) is 0 Å². The van der Waals surface area contributed by atoms with Crippen molar-refractivity contribution in [3.63, 3.8) is 0 Å². The monoisotopic (exact) mass is 186 g/mol. The zero-order chi connectivity index (χ0) is 9.68. The van der Waals surface area contributed by atoms with Crippen molar-refractivity contribution >= 4 is 0 Å². The molecule has 1 aliphatic rings. The first-order valence-corrected chi connectivity index (χ1v) is 5.23. The van der Waals surface area contributed by atoms with E-state index in [-0.39, 0.29) is 0 Å². The van der Waals surface area contributed by atoms with Crippen LogP contribution in [0.3, 0.4) is 0 Å². The average Bonchev–Trinajstić information content (AvgIpc) is 2.14. The van der Waals surface area contributed by atoms with E-state index in [4.69, 9.17) is 5.11 Å². The fourth-order valence-corrected chi connectivity index (χ4v) is 2.24. The van der Waals surface area contributed by atoms with Crippen molar-refractivity contribution in [1.82, 2.24) is 10.2 Å². The molecule has 2 unspecified atom stereocenters. The third-order valence-electron chi connectivity index (χ3n) is 2.90. The summed E-state index contributed by atoms with van der Waals surface area (Å²) in [7, 11) is 4.21. The number of hydrogen-bond acceptors (Lipinski definition) is 3. The molecule has 3 nitrogen and oxygen atoms in total. The molecule has 0 aliphatic carbocycles. The molecular weight excluding hydrogens is 164 g/mol. The van der Waals surface area contributed by atoms with E-state index in [1.807, 2.05) is 7.05 Å². The lowest BCUT2D eigenvalue weighted by atomic mass is 9.91. The van der Waals surface area contributed by atoms with Gasteiger partial charge in [0.05, 0.1) is 0 Å². The van der Waals surface area contributed by atoms with Crippen LogP contribution < -0.4 is 5.32 Å². The fraction of sp³-hybridized carbons (Fsp3) is 1.00. The van der Waals surface area contributed by atoms with E-state index in [9.17, 15) is 0 Å². The Morgan fingerprint density at radius 3 is 2.85 bits per heavy atom. The molecule has 0 radical (unpaired) electrons. The van der Waals surface area contributed by atoms with Gasteiger partial charge in [0.2, 0.25) is 0 Å². The molecule has 1 rings (SSSR count). The molecule has 0 spiro atoms. The number of likely N-dealkylation sites (tertiary alicyclic amines) is 1. The van der Waals surface area contributed by atoms with Crippen molar-refractivity contribution in [2.24, 2.45) is 5.92 Å². The maximum atomic E-state index is 8.76. The highest BCUT2D eigenvalue weighted by molar-refractivity contribution is 4.80. The van der Waals surface area contributed by atoms with Crippen LogP contribution in [0.5, 0.6) is 0 Å². The van der Waals surface area contributed by atoms with Gasteiger partial charge in [0, 0.05) is 25.7 Å². The first kappa shape index (κ1) is 11.0. The molecule has 2 atom stereocenters. The zero-order valence-electron chi connectivity index (χ0n) is 8.79. The summed E-state index contributed by atoms with van der Waals surface area (Å²) in [5, 5.41) is 12.1. The lowest BCUT2D eigenvalue weighted by molar-refractivity contribution is 0.158. The van der Waals surface area contributed by atoms with Gasteiger partial charge >= 0.3 is 0 Å². The number of likely N-dealkylation sites (N-methyl/N-ethyl adjacent to an activating group) is 2. The normalized spacial score (nSPS) is 30.7. The van der Waals surface area contributed by atoms with E-state index in [1.165, 1.54) is 19.4 Å². The number of nitrogens with one attached hydrogen (secondary N) is 1. The van der Waals surface area contributed by atoms with Gasteiger partial charge in [-0.05, 0) is 39.3 Å². The van der Waals surface area contributed by atoms with Crippen molar-refractivity contribution in [2.45, 2.75) is 25.3 Å². The molecule has 1 aliphatic heterocycles. The van der Waals surface area contributed by atoms with Crippen molar-refractivity contribution in [1.29, 1.82) is 0 Å². The minimum absolute atomic E-state index is 0.338. The van der Waals surface area contributed by atoms with Gasteiger partial charge in [-0.2, -0.15) is 0 Å². The Labute approximate surface area is 81.1 Å². The molecule has 0 amide bonds. The fourth-order valence-electron chi connectivity index (χ4n) is 2.24. The number of piperidine rings is 1. The number of rotatable bonds is 4. The quantitative estimate of drug-likeness (QED) is 0.663. The SMILES string of the molecule is CNC1CC(CCCO)CN(C)C1. The summed E-state index contributed by atoms with van der Waals surface area (Å²) in [5.41, 5.74) is 0. The van der Waals surface area contributed by atoms with E-state index >= 15 is 0 Å². The van der Waals surface area contributed by atoms with Crippen LogP contribution in [0.1, 0.15) is 19.3 Å². The summed E-state index contributed by atoms with van der Waals surface area (Å²) in [6.45, 7) is 2.69. The van der Waals surface area contributed by atoms with Crippen LogP contribution in [0.25, 0.3) is 0 Å². The molecule has 0 aromatic rings. The molecule has 13 heavy (non-hydrogen) atoms. The Balaban J connectivity index is 2.29. The maximum absolute atomic E-state index is 8.76. The predicted molar refractivity (Wildman–Crippen MR) is 54.8 cm³/mol. The highest BCUT2D eigenvalue weighted by Crippen LogP contribution is 2.19. The van der Waals surface area contributed by atoms with E-state index < -0.39 is 0 Å². The van der Waals surface area contributed by atoms with E-state index in [2.05, 4.69) is 17.3 Å². The minimum Gasteiger partial charge on any atom is -0.396 e. The maximum Gasteiger partial charge on any atom is 0.0431 e. The molecule has 0 aromatic heterocycles. The van der Waals surface area contributed by atoms with Crippen molar-refractivity contribution in [3.8, 4) is 0 Å². The Bertz CT molecular complexity index is 141. The second-order valence-electron chi connectivity index (χ2n) is 4.17. The average molecular weight is 186 g/mol. The molecule has 1 saturated heterocycles. The van der Waals surface area contributed by atoms with Crippen LogP contribution in [-0.4, -0.2) is 49.8 Å². The molecule has 1 heterocycles. The van der Waals surface area contributed by atoms with Crippen LogP contribution in [0, 0.1) is 5.92 Å². The molecule has 0 saturated carbocycles. The van der Waals surface area contributed by atoms with Crippen LogP contribution >= 0.6 is 0 Å². The van der Waals surface area contributed by atoms with Crippen LogP contribution in [-0.2, 0) is 0 Å². The van der Waals surface area contributed by atoms with E-state index in [0.717, 1.165) is 18.9 Å². The van der Waals surface area contributed by atoms with Gasteiger partial charge in [-0.3, -0.25) is 0 Å². The molecule has 0 aromatic carbocycles. The third kappa shape index (κ3) is 3.63. The first-order valence-electron chi connectivity index (χ1n) is 5.23. The van der Waals surface area contributed by atoms with Crippen LogP contribution in [0.15, 0.2) is 0 Å². The topological polar surface area (TPSA) is 35.5 Å². The van der Waals surface area contributed by atoms with Gasteiger partial charge in [0.15, 0.2) is 0 Å². The molecule has 1 fully saturated rings. The Hall–Kier alpha value is -0.120. The largest absolute Gasteiger partial charge is 0.396 e. The summed E-state index contributed by atoms with van der Waals surface area (Å²) < 4.78 is 0. The standard InChI is InChI=1S/C10H22N2O/c1-11-10-6-9(4-3-5-13)7-12(2)8-10/h9-11,13H,3-8H2,1-2H3. The molecule has 2 N–H and O–H groups in total. The lowest BCUT2D eigenvalue weighted by Crippen LogP contribution is -2.46. The number of nitrogens with zero attached hydrogens (tertiary/aromatic N) is 1. The second kappa shape index (κ2) is 5.58. The third-order valence-corrected chi connectivity index (χ3v) is 2.90. The molecule has 3 heteroatoms. The smallest absolute Gasteiger partial charge is 0.0431 e. The lowest BCUT2D eigenvalue weighted by Gasteiger charge is -2.35. The van der Waals surface area contributed by atoms with Crippen LogP contribution in [0.2, 0.25) is 0 Å². The Morgan fingerprint density at radius 2 is 2.23 bits per heavy atom. The van der Waals surface area contributed by atoms with Crippen molar-refractivity contribution < 1.29 is 5.11 Å². The van der Waals surface area contributed by atoms with Crippen LogP contribution in [0.4, 0.5) is 0 Å². The van der Waals surface area contributed by atoms with E-state index in [1.54, 1.807) is 0 Å². The number of hydrogen-bond donors (Lipinski definition) is 2. The summed E-state index contributed by atoms with van der Waals surface area (Å²) >= 11 is 0. The predicted octanol–water partition coefficient (Wildman–Crippen LogP) is 0.299. The van der Waals surface area contributed by atoms with Gasteiger partial charge in [-0.15, -0.1) is 0 Å². The number of aliphatic hydroxyl groups excluding tert-OH is 1. The van der Waals surface area contributed by atoms with Crippen molar-refractivity contribution in [2.75, 3.05) is 33.8 Å². The highest BCUT2D eigenvalue weighted by Gasteiger charge is 2.23. The number of aliphatic hydroxyl groups is 1. The zero-order valence-corrected chi connectivity index (χ0v) is 8.79. The van der Waals surface area contributed by atoms with Gasteiger partial charge in [-0.1, -0.05) is 0 Å². The first-order chi connectivity index (χ1) is 6.26. The summed E-state index contributed by atoms with van der Waals surface area (Å²) in [4.78, 5) is 2.38. The Kier molecular flexibility index (Phi) is 4.70. The van der Waals surface area contributed by atoms with Gasteiger partial charge in [-0.25, -0.2) is 0 Å². The minimum atomic E-state index is 0.338. The summed E-state index contributed by atoms with van der Waals surface area (Å²) in [5.74, 6) is 0.767. The molecule has 78 valence electrons. The second-order valence-corrected chi connectivity index (χ2v) is 4.17. The Morgan fingerprint density at radius 1 is 1.46 bits per heavy atom. The van der Waals surface area contributed by atoms with Crippen molar-refractivity contribution in [3.05, 3.63) is 0 Å². The summed E-state index contributed by atoms with van der Waals surface area (Å²) in [6.07, 6.45) is 3.38. The van der Waals surface area contributed by atoms with E-state index in [0.29, 0.717) is 12.6 Å².